The zero-order valence-electron chi connectivity index (χ0n) is 13.0. The lowest BCUT2D eigenvalue weighted by atomic mass is 9.89. The molecule has 4 rings (SSSR count). The van der Waals surface area contributed by atoms with Crippen molar-refractivity contribution in [3.05, 3.63) is 70.1 Å². The normalized spacial score (nSPS) is 15.3. The Morgan fingerprint density at radius 2 is 1.84 bits per heavy atom. The monoisotopic (exact) mass is 357 g/mol. The maximum atomic E-state index is 13.2. The first kappa shape index (κ1) is 15.8. The lowest BCUT2D eigenvalue weighted by Crippen LogP contribution is -2.14. The maximum Gasteiger partial charge on any atom is 0.340 e. The van der Waals surface area contributed by atoms with Crippen molar-refractivity contribution < 1.29 is 19.4 Å². The van der Waals surface area contributed by atoms with Gasteiger partial charge in [-0.25, -0.2) is 14.2 Å². The smallest absolute Gasteiger partial charge is 0.340 e. The number of pyridine rings is 1. The predicted octanol–water partition coefficient (Wildman–Crippen LogP) is 4.51. The third-order valence-corrected chi connectivity index (χ3v) is 4.97. The van der Waals surface area contributed by atoms with Gasteiger partial charge in [0.05, 0.1) is 11.2 Å². The van der Waals surface area contributed by atoms with E-state index < -0.39 is 11.4 Å². The molecule has 2 aromatic carbocycles. The summed E-state index contributed by atoms with van der Waals surface area (Å²) in [6.45, 7) is 0. The molecular formula is C19H13ClFNO3. The number of fused-ring (bicyclic) bond motifs is 1. The van der Waals surface area contributed by atoms with Crippen LogP contribution in [0.2, 0.25) is 5.02 Å². The van der Waals surface area contributed by atoms with Crippen molar-refractivity contribution in [3.8, 4) is 5.75 Å². The predicted molar refractivity (Wildman–Crippen MR) is 91.8 cm³/mol. The Bertz CT molecular complexity index is 1010. The van der Waals surface area contributed by atoms with E-state index in [-0.39, 0.29) is 22.5 Å². The maximum absolute atomic E-state index is 13.2. The highest BCUT2D eigenvalue weighted by Gasteiger charge is 2.50. The van der Waals surface area contributed by atoms with Crippen LogP contribution in [0.4, 0.5) is 4.39 Å². The van der Waals surface area contributed by atoms with Gasteiger partial charge < -0.3 is 10.2 Å². The van der Waals surface area contributed by atoms with Gasteiger partial charge >= 0.3 is 5.97 Å². The molecular weight excluding hydrogens is 345 g/mol. The zero-order chi connectivity index (χ0) is 17.8. The van der Waals surface area contributed by atoms with Crippen molar-refractivity contribution >= 4 is 28.5 Å². The van der Waals surface area contributed by atoms with Gasteiger partial charge in [-0.05, 0) is 48.7 Å². The molecule has 1 heterocycles. The van der Waals surface area contributed by atoms with Crippen molar-refractivity contribution in [3.63, 3.8) is 0 Å². The molecule has 2 N–H and O–H groups in total. The topological polar surface area (TPSA) is 70.4 Å². The molecule has 25 heavy (non-hydrogen) atoms. The van der Waals surface area contributed by atoms with E-state index >= 15 is 0 Å². The molecule has 0 spiro atoms. The number of nitrogens with zero attached hydrogens (tertiary/aromatic N) is 1. The largest absolute Gasteiger partial charge is 0.505 e. The summed E-state index contributed by atoms with van der Waals surface area (Å²) in [5, 5.41) is 20.9. The van der Waals surface area contributed by atoms with Crippen molar-refractivity contribution in [2.75, 3.05) is 0 Å². The molecule has 0 bridgehead atoms. The Balaban J connectivity index is 1.99. The molecule has 0 aliphatic heterocycles. The summed E-state index contributed by atoms with van der Waals surface area (Å²) >= 11 is 5.96. The lowest BCUT2D eigenvalue weighted by Gasteiger charge is -2.19. The highest BCUT2D eigenvalue weighted by Crippen LogP contribution is 2.56. The fourth-order valence-corrected chi connectivity index (χ4v) is 3.50. The molecule has 3 aromatic rings. The van der Waals surface area contributed by atoms with Crippen LogP contribution in [-0.2, 0) is 5.41 Å². The molecule has 1 aromatic heterocycles. The van der Waals surface area contributed by atoms with Gasteiger partial charge in [-0.2, -0.15) is 0 Å². The van der Waals surface area contributed by atoms with E-state index in [2.05, 4.69) is 4.98 Å². The fraction of sp³-hybridized carbons (Fsp3) is 0.158. The average Bonchev–Trinajstić information content (AvgIpc) is 3.36. The first-order chi connectivity index (χ1) is 11.9. The van der Waals surface area contributed by atoms with E-state index in [0.717, 1.165) is 5.56 Å². The minimum Gasteiger partial charge on any atom is -0.505 e. The Hall–Kier alpha value is -2.66. The van der Waals surface area contributed by atoms with Crippen LogP contribution in [0.3, 0.4) is 0 Å². The second-order valence-corrected chi connectivity index (χ2v) is 6.68. The molecule has 1 fully saturated rings. The SMILES string of the molecule is O=C(O)c1c(O)c(C2(c3ccc(F)cc3)CC2)nc2ccc(Cl)cc12. The summed E-state index contributed by atoms with van der Waals surface area (Å²) in [5.41, 5.74) is 0.766. The number of carbonyl (C=O) groups is 1. The average molecular weight is 358 g/mol. The molecule has 1 aliphatic carbocycles. The molecule has 1 aliphatic rings. The van der Waals surface area contributed by atoms with Crippen molar-refractivity contribution in [1.29, 1.82) is 0 Å². The van der Waals surface area contributed by atoms with Crippen LogP contribution in [0, 0.1) is 5.82 Å². The van der Waals surface area contributed by atoms with Gasteiger partial charge in [0.25, 0.3) is 0 Å². The molecule has 0 atom stereocenters. The summed E-state index contributed by atoms with van der Waals surface area (Å²) in [4.78, 5) is 16.3. The number of halogens is 2. The van der Waals surface area contributed by atoms with Crippen LogP contribution in [0.1, 0.15) is 34.5 Å². The molecule has 6 heteroatoms. The molecule has 0 amide bonds. The van der Waals surface area contributed by atoms with Gasteiger partial charge in [0.2, 0.25) is 0 Å². The van der Waals surface area contributed by atoms with Crippen molar-refractivity contribution in [2.45, 2.75) is 18.3 Å². The standard InChI is InChI=1S/C19H13ClFNO3/c20-11-3-6-14-13(9-11)15(18(24)25)16(23)17(22-14)19(7-8-19)10-1-4-12(21)5-2-10/h1-6,9,23H,7-8H2,(H,24,25). The molecule has 126 valence electrons. The number of carboxylic acid groups (broad SMARTS) is 1. The third kappa shape index (κ3) is 2.43. The van der Waals surface area contributed by atoms with E-state index in [9.17, 15) is 19.4 Å². The summed E-state index contributed by atoms with van der Waals surface area (Å²) < 4.78 is 13.2. The molecule has 1 saturated carbocycles. The van der Waals surface area contributed by atoms with E-state index in [0.29, 0.717) is 29.1 Å². The third-order valence-electron chi connectivity index (χ3n) is 4.74. The summed E-state index contributed by atoms with van der Waals surface area (Å²) in [6, 6.07) is 10.7. The number of aromatic carboxylic acids is 1. The van der Waals surface area contributed by atoms with E-state index in [1.807, 2.05) is 0 Å². The van der Waals surface area contributed by atoms with Crippen LogP contribution in [0.25, 0.3) is 10.9 Å². The highest BCUT2D eigenvalue weighted by atomic mass is 35.5. The van der Waals surface area contributed by atoms with Crippen LogP contribution in [0.15, 0.2) is 42.5 Å². The second-order valence-electron chi connectivity index (χ2n) is 6.24. The summed E-state index contributed by atoms with van der Waals surface area (Å²) in [6.07, 6.45) is 1.41. The van der Waals surface area contributed by atoms with Gasteiger partial charge in [-0.15, -0.1) is 0 Å². The number of aromatic nitrogens is 1. The minimum atomic E-state index is -1.25. The minimum absolute atomic E-state index is 0.212. The first-order valence-corrected chi connectivity index (χ1v) is 8.12. The molecule has 0 radical (unpaired) electrons. The van der Waals surface area contributed by atoms with Crippen molar-refractivity contribution in [1.82, 2.24) is 4.98 Å². The van der Waals surface area contributed by atoms with Crippen LogP contribution >= 0.6 is 11.6 Å². The Morgan fingerprint density at radius 1 is 1.16 bits per heavy atom. The molecule has 0 unspecified atom stereocenters. The fourth-order valence-electron chi connectivity index (χ4n) is 3.33. The van der Waals surface area contributed by atoms with Gasteiger partial charge in [0, 0.05) is 15.8 Å². The highest BCUT2D eigenvalue weighted by molar-refractivity contribution is 6.31. The Morgan fingerprint density at radius 3 is 2.44 bits per heavy atom. The van der Waals surface area contributed by atoms with Gasteiger partial charge in [0.15, 0.2) is 5.75 Å². The van der Waals surface area contributed by atoms with Crippen LogP contribution in [0.5, 0.6) is 5.75 Å². The quantitative estimate of drug-likeness (QED) is 0.723. The summed E-state index contributed by atoms with van der Waals surface area (Å²) in [7, 11) is 0. The number of carboxylic acids is 1. The summed E-state index contributed by atoms with van der Waals surface area (Å²) in [5.74, 6) is -1.96. The van der Waals surface area contributed by atoms with Gasteiger partial charge in [-0.3, -0.25) is 0 Å². The van der Waals surface area contributed by atoms with Crippen molar-refractivity contribution in [2.24, 2.45) is 0 Å². The molecule has 4 nitrogen and oxygen atoms in total. The second kappa shape index (κ2) is 5.43. The Labute approximate surface area is 147 Å². The lowest BCUT2D eigenvalue weighted by molar-refractivity contribution is 0.0695. The van der Waals surface area contributed by atoms with Crippen LogP contribution in [-0.4, -0.2) is 21.2 Å². The number of hydrogen-bond acceptors (Lipinski definition) is 3. The zero-order valence-corrected chi connectivity index (χ0v) is 13.7. The van der Waals surface area contributed by atoms with E-state index in [1.165, 1.54) is 18.2 Å². The number of benzene rings is 2. The van der Waals surface area contributed by atoms with E-state index in [4.69, 9.17) is 11.6 Å². The van der Waals surface area contributed by atoms with Gasteiger partial charge in [0.1, 0.15) is 11.4 Å². The molecule has 0 saturated heterocycles. The number of rotatable bonds is 3. The number of aromatic hydroxyl groups is 1. The number of hydrogen-bond donors (Lipinski definition) is 2. The first-order valence-electron chi connectivity index (χ1n) is 7.74. The van der Waals surface area contributed by atoms with Gasteiger partial charge in [-0.1, -0.05) is 23.7 Å². The Kier molecular flexibility index (Phi) is 3.44. The van der Waals surface area contributed by atoms with E-state index in [1.54, 1.807) is 24.3 Å². The van der Waals surface area contributed by atoms with Crippen LogP contribution < -0.4 is 0 Å².